The first-order chi connectivity index (χ1) is 16.2. The molecule has 0 bridgehead atoms. The Labute approximate surface area is 205 Å². The SMILES string of the molecule is CCCCC(C)(C)[C@@H](O)/C=C/[C@H]1[C@H]2CC(CCCCCc3ccccc3C(=O)O)=C[C@H]2C[C@H]1O. The summed E-state index contributed by atoms with van der Waals surface area (Å²) in [4.78, 5) is 11.4. The predicted octanol–water partition coefficient (Wildman–Crippen LogP) is 6.56. The highest BCUT2D eigenvalue weighted by Gasteiger charge is 2.43. The van der Waals surface area contributed by atoms with Gasteiger partial charge in [-0.1, -0.05) is 82.0 Å². The minimum atomic E-state index is -0.846. The molecule has 0 heterocycles. The number of unbranched alkanes of at least 4 members (excludes halogenated alkanes) is 3. The lowest BCUT2D eigenvalue weighted by atomic mass is 9.80. The molecule has 0 saturated heterocycles. The molecule has 0 aliphatic heterocycles. The molecule has 1 aromatic rings. The molecule has 3 rings (SSSR count). The van der Waals surface area contributed by atoms with Crippen LogP contribution in [-0.2, 0) is 6.42 Å². The number of carbonyl (C=O) groups is 1. The molecule has 0 radical (unpaired) electrons. The van der Waals surface area contributed by atoms with Crippen molar-refractivity contribution in [1.29, 1.82) is 0 Å². The van der Waals surface area contributed by atoms with Crippen LogP contribution >= 0.6 is 0 Å². The first kappa shape index (κ1) is 26.7. The first-order valence-corrected chi connectivity index (χ1v) is 13.3. The van der Waals surface area contributed by atoms with E-state index in [2.05, 4.69) is 32.9 Å². The van der Waals surface area contributed by atoms with Crippen LogP contribution in [0.15, 0.2) is 48.1 Å². The van der Waals surface area contributed by atoms with Crippen molar-refractivity contribution in [2.45, 2.75) is 97.2 Å². The molecule has 3 N–H and O–H groups in total. The maximum Gasteiger partial charge on any atom is 0.335 e. The van der Waals surface area contributed by atoms with E-state index >= 15 is 0 Å². The second-order valence-corrected chi connectivity index (χ2v) is 11.2. The summed E-state index contributed by atoms with van der Waals surface area (Å²) in [7, 11) is 0. The van der Waals surface area contributed by atoms with Crippen molar-refractivity contribution < 1.29 is 20.1 Å². The summed E-state index contributed by atoms with van der Waals surface area (Å²) in [5, 5.41) is 30.7. The van der Waals surface area contributed by atoms with Crippen LogP contribution in [0.2, 0.25) is 0 Å². The minimum Gasteiger partial charge on any atom is -0.478 e. The molecular formula is C30H44O4. The molecule has 0 unspecified atom stereocenters. The number of aliphatic hydroxyl groups excluding tert-OH is 2. The number of hydrogen-bond donors (Lipinski definition) is 3. The van der Waals surface area contributed by atoms with Gasteiger partial charge in [0.1, 0.15) is 0 Å². The van der Waals surface area contributed by atoms with Gasteiger partial charge in [0.05, 0.1) is 17.8 Å². The van der Waals surface area contributed by atoms with Gasteiger partial charge in [-0.25, -0.2) is 4.79 Å². The van der Waals surface area contributed by atoms with Crippen LogP contribution in [-0.4, -0.2) is 33.5 Å². The maximum absolute atomic E-state index is 11.4. The molecule has 34 heavy (non-hydrogen) atoms. The van der Waals surface area contributed by atoms with Crippen LogP contribution in [0.3, 0.4) is 0 Å². The summed E-state index contributed by atoms with van der Waals surface area (Å²) in [6.45, 7) is 6.43. The number of aromatic carboxylic acids is 1. The molecule has 2 aliphatic rings. The summed E-state index contributed by atoms with van der Waals surface area (Å²) in [6, 6.07) is 7.30. The fraction of sp³-hybridized carbons (Fsp3) is 0.633. The standard InChI is InChI=1S/C30H44O4/c1-4-5-17-30(2,3)28(32)16-15-25-26-19-21(18-23(26)20-27(25)31)11-7-6-8-12-22-13-9-10-14-24(22)29(33)34/h9-10,13-16,18,23,25-28,31-32H,4-8,11-12,17,19-20H2,1-3H3,(H,33,34)/b16-15+/t23-,25-,26-,27+,28-/m0/s1. The van der Waals surface area contributed by atoms with Crippen molar-refractivity contribution in [3.05, 3.63) is 59.2 Å². The molecule has 1 fully saturated rings. The van der Waals surface area contributed by atoms with Crippen LogP contribution in [0.25, 0.3) is 0 Å². The van der Waals surface area contributed by atoms with Crippen molar-refractivity contribution in [2.24, 2.45) is 23.2 Å². The van der Waals surface area contributed by atoms with Crippen LogP contribution < -0.4 is 0 Å². The Hall–Kier alpha value is -1.91. The van der Waals surface area contributed by atoms with Gasteiger partial charge in [0, 0.05) is 5.92 Å². The third-order valence-electron chi connectivity index (χ3n) is 8.13. The average Bonchev–Trinajstić information content (AvgIpc) is 3.32. The molecule has 0 spiro atoms. The fourth-order valence-electron chi connectivity index (χ4n) is 5.86. The average molecular weight is 469 g/mol. The number of aryl methyl sites for hydroxylation is 1. The Kier molecular flexibility index (Phi) is 9.56. The molecule has 2 aliphatic carbocycles. The van der Waals surface area contributed by atoms with Gasteiger partial charge in [0.2, 0.25) is 0 Å². The third-order valence-corrected chi connectivity index (χ3v) is 8.13. The number of benzene rings is 1. The monoisotopic (exact) mass is 468 g/mol. The maximum atomic E-state index is 11.4. The molecule has 188 valence electrons. The van der Waals surface area contributed by atoms with Gasteiger partial charge < -0.3 is 15.3 Å². The second-order valence-electron chi connectivity index (χ2n) is 11.2. The quantitative estimate of drug-likeness (QED) is 0.226. The highest BCUT2D eigenvalue weighted by Crippen LogP contribution is 2.48. The largest absolute Gasteiger partial charge is 0.478 e. The van der Waals surface area contributed by atoms with Crippen molar-refractivity contribution in [3.63, 3.8) is 0 Å². The van der Waals surface area contributed by atoms with Gasteiger partial charge in [0.25, 0.3) is 0 Å². The zero-order valence-corrected chi connectivity index (χ0v) is 21.2. The lowest BCUT2D eigenvalue weighted by Crippen LogP contribution is -2.28. The number of carboxylic acids is 1. The Balaban J connectivity index is 1.44. The van der Waals surface area contributed by atoms with Crippen LogP contribution in [0.5, 0.6) is 0 Å². The van der Waals surface area contributed by atoms with E-state index < -0.39 is 12.1 Å². The van der Waals surface area contributed by atoms with Gasteiger partial charge in [-0.2, -0.15) is 0 Å². The van der Waals surface area contributed by atoms with Crippen LogP contribution in [0.1, 0.15) is 94.5 Å². The molecule has 0 amide bonds. The lowest BCUT2D eigenvalue weighted by molar-refractivity contribution is 0.0695. The second kappa shape index (κ2) is 12.2. The van der Waals surface area contributed by atoms with Crippen molar-refractivity contribution >= 4 is 5.97 Å². The molecule has 1 saturated carbocycles. The van der Waals surface area contributed by atoms with E-state index in [0.717, 1.165) is 69.8 Å². The summed E-state index contributed by atoms with van der Waals surface area (Å²) in [5.41, 5.74) is 2.72. The topological polar surface area (TPSA) is 77.8 Å². The predicted molar refractivity (Wildman–Crippen MR) is 138 cm³/mol. The fourth-order valence-corrected chi connectivity index (χ4v) is 5.86. The number of allylic oxidation sites excluding steroid dienone is 2. The zero-order valence-electron chi connectivity index (χ0n) is 21.2. The van der Waals surface area contributed by atoms with Crippen LogP contribution in [0.4, 0.5) is 0 Å². The first-order valence-electron chi connectivity index (χ1n) is 13.3. The molecule has 4 nitrogen and oxygen atoms in total. The van der Waals surface area contributed by atoms with E-state index in [-0.39, 0.29) is 17.4 Å². The highest BCUT2D eigenvalue weighted by molar-refractivity contribution is 5.89. The summed E-state index contributed by atoms with van der Waals surface area (Å²) >= 11 is 0. The Morgan fingerprint density at radius 1 is 1.15 bits per heavy atom. The van der Waals surface area contributed by atoms with E-state index in [1.54, 1.807) is 12.1 Å². The van der Waals surface area contributed by atoms with E-state index in [0.29, 0.717) is 17.4 Å². The van der Waals surface area contributed by atoms with E-state index in [4.69, 9.17) is 0 Å². The Bertz CT molecular complexity index is 868. The number of hydrogen-bond acceptors (Lipinski definition) is 3. The summed E-state index contributed by atoms with van der Waals surface area (Å²) in [5.74, 6) is 0.186. The third kappa shape index (κ3) is 6.82. The lowest BCUT2D eigenvalue weighted by Gasteiger charge is -2.29. The molecule has 1 aromatic carbocycles. The summed E-state index contributed by atoms with van der Waals surface area (Å²) < 4.78 is 0. The molecule has 5 atom stereocenters. The van der Waals surface area contributed by atoms with E-state index in [1.165, 1.54) is 5.57 Å². The number of aliphatic hydroxyl groups is 2. The van der Waals surface area contributed by atoms with Gasteiger partial charge in [-0.3, -0.25) is 0 Å². The normalized spacial score (nSPS) is 25.5. The Morgan fingerprint density at radius 3 is 2.62 bits per heavy atom. The van der Waals surface area contributed by atoms with E-state index in [1.807, 2.05) is 18.2 Å². The van der Waals surface area contributed by atoms with Gasteiger partial charge >= 0.3 is 5.97 Å². The number of carboxylic acid groups (broad SMARTS) is 1. The highest BCUT2D eigenvalue weighted by atomic mass is 16.4. The smallest absolute Gasteiger partial charge is 0.335 e. The molecule has 4 heteroatoms. The summed E-state index contributed by atoms with van der Waals surface area (Å²) in [6.07, 6.45) is 15.9. The van der Waals surface area contributed by atoms with Gasteiger partial charge in [-0.05, 0) is 73.8 Å². The zero-order chi connectivity index (χ0) is 24.7. The van der Waals surface area contributed by atoms with Crippen molar-refractivity contribution in [1.82, 2.24) is 0 Å². The number of fused-ring (bicyclic) bond motifs is 1. The Morgan fingerprint density at radius 2 is 1.88 bits per heavy atom. The van der Waals surface area contributed by atoms with Gasteiger partial charge in [0.15, 0.2) is 0 Å². The molecule has 0 aromatic heterocycles. The van der Waals surface area contributed by atoms with Crippen molar-refractivity contribution in [2.75, 3.05) is 0 Å². The van der Waals surface area contributed by atoms with E-state index in [9.17, 15) is 20.1 Å². The van der Waals surface area contributed by atoms with Gasteiger partial charge in [-0.15, -0.1) is 0 Å². The minimum absolute atomic E-state index is 0.128. The number of rotatable bonds is 13. The van der Waals surface area contributed by atoms with Crippen molar-refractivity contribution in [3.8, 4) is 0 Å². The molecular weight excluding hydrogens is 424 g/mol. The van der Waals surface area contributed by atoms with Crippen LogP contribution in [0, 0.1) is 23.2 Å².